The standard InChI is InChI=1S/C46H33NOS/c1-3-36-40-16-10-15-38(46(40)48-43(36)4-2)32-21-26-35(27-22-32)47(42-17-9-12-31-11-5-6-13-37(31)42)34-24-19-30(20-25-34)33-23-28-45-41(29-33)39-14-7-8-18-44(39)49-45/h3-29H,1-2H3/b36-3-,43-4+. The van der Waals surface area contributed by atoms with Crippen molar-refractivity contribution in [2.24, 2.45) is 0 Å². The van der Waals surface area contributed by atoms with Crippen LogP contribution < -0.4 is 15.5 Å². The van der Waals surface area contributed by atoms with Crippen molar-refractivity contribution in [1.29, 1.82) is 0 Å². The summed E-state index contributed by atoms with van der Waals surface area (Å²) in [6.45, 7) is 4.09. The molecule has 9 rings (SSSR count). The summed E-state index contributed by atoms with van der Waals surface area (Å²) in [5.41, 5.74) is 9.82. The van der Waals surface area contributed by atoms with Gasteiger partial charge in [0.05, 0.1) is 5.69 Å². The first-order valence-electron chi connectivity index (χ1n) is 16.7. The Bertz CT molecular complexity index is 2780. The predicted molar refractivity (Wildman–Crippen MR) is 212 cm³/mol. The van der Waals surface area contributed by atoms with Crippen molar-refractivity contribution in [2.75, 3.05) is 4.90 Å². The number of para-hydroxylation sites is 1. The number of nitrogens with zero attached hydrogens (tertiary/aromatic N) is 1. The van der Waals surface area contributed by atoms with E-state index in [4.69, 9.17) is 4.42 Å². The highest BCUT2D eigenvalue weighted by atomic mass is 32.1. The van der Waals surface area contributed by atoms with E-state index in [0.717, 1.165) is 49.8 Å². The minimum atomic E-state index is 0.913. The molecule has 234 valence electrons. The van der Waals surface area contributed by atoms with Crippen LogP contribution in [-0.2, 0) is 0 Å². The molecule has 0 aliphatic rings. The maximum absolute atomic E-state index is 6.38. The predicted octanol–water partition coefficient (Wildman–Crippen LogP) is 12.4. The average molecular weight is 648 g/mol. The van der Waals surface area contributed by atoms with Crippen molar-refractivity contribution in [2.45, 2.75) is 13.8 Å². The maximum atomic E-state index is 6.38. The normalized spacial score (nSPS) is 12.5. The molecule has 2 heterocycles. The zero-order valence-corrected chi connectivity index (χ0v) is 28.2. The lowest BCUT2D eigenvalue weighted by Crippen LogP contribution is -2.18. The largest absolute Gasteiger partial charge is 0.456 e. The number of fused-ring (bicyclic) bond motifs is 5. The van der Waals surface area contributed by atoms with Crippen LogP contribution in [0.15, 0.2) is 156 Å². The molecule has 0 N–H and O–H groups in total. The summed E-state index contributed by atoms with van der Waals surface area (Å²) in [7, 11) is 0. The minimum Gasteiger partial charge on any atom is -0.456 e. The SMILES string of the molecule is C/C=c1\c(=C/C)oc2c(-c3ccc(N(c4ccc(-c5ccc6sc7ccccc7c6c5)cc4)c4cccc5ccccc45)cc3)cccc12. The summed E-state index contributed by atoms with van der Waals surface area (Å²) in [6, 6.07) is 55.0. The van der Waals surface area contributed by atoms with Gasteiger partial charge >= 0.3 is 0 Å². The van der Waals surface area contributed by atoms with Crippen molar-refractivity contribution in [3.8, 4) is 22.3 Å². The lowest BCUT2D eigenvalue weighted by molar-refractivity contribution is 0.575. The van der Waals surface area contributed by atoms with E-state index >= 15 is 0 Å². The van der Waals surface area contributed by atoms with Gasteiger partial charge in [-0.1, -0.05) is 109 Å². The number of hydrogen-bond donors (Lipinski definition) is 0. The molecule has 0 saturated carbocycles. The van der Waals surface area contributed by atoms with E-state index < -0.39 is 0 Å². The zero-order valence-electron chi connectivity index (χ0n) is 27.4. The smallest absolute Gasteiger partial charge is 0.143 e. The Hall–Kier alpha value is -5.90. The summed E-state index contributed by atoms with van der Waals surface area (Å²) < 4.78 is 9.03. The molecular formula is C46H33NOS. The Morgan fingerprint density at radius 1 is 0.510 bits per heavy atom. The van der Waals surface area contributed by atoms with Gasteiger partial charge in [0.2, 0.25) is 0 Å². The van der Waals surface area contributed by atoms with Gasteiger partial charge in [0.15, 0.2) is 0 Å². The third kappa shape index (κ3) is 4.94. The molecule has 0 bridgehead atoms. The van der Waals surface area contributed by atoms with E-state index in [2.05, 4.69) is 170 Å². The van der Waals surface area contributed by atoms with Crippen molar-refractivity contribution in [1.82, 2.24) is 0 Å². The number of furan rings is 1. The van der Waals surface area contributed by atoms with E-state index in [0.29, 0.717) is 0 Å². The summed E-state index contributed by atoms with van der Waals surface area (Å²) in [6.07, 6.45) is 4.17. The first-order chi connectivity index (χ1) is 24.2. The van der Waals surface area contributed by atoms with Crippen molar-refractivity contribution >= 4 is 82.5 Å². The fraction of sp³-hybridized carbons (Fsp3) is 0.0435. The number of benzene rings is 7. The molecule has 0 fully saturated rings. The fourth-order valence-electron chi connectivity index (χ4n) is 7.23. The van der Waals surface area contributed by atoms with Crippen LogP contribution in [0.1, 0.15) is 13.8 Å². The Morgan fingerprint density at radius 3 is 1.92 bits per heavy atom. The summed E-state index contributed by atoms with van der Waals surface area (Å²) >= 11 is 1.86. The molecule has 7 aromatic carbocycles. The number of hydrogen-bond acceptors (Lipinski definition) is 3. The van der Waals surface area contributed by atoms with Crippen molar-refractivity contribution in [3.63, 3.8) is 0 Å². The topological polar surface area (TPSA) is 16.4 Å². The van der Waals surface area contributed by atoms with Gasteiger partial charge in [-0.3, -0.25) is 0 Å². The molecule has 0 spiro atoms. The summed E-state index contributed by atoms with van der Waals surface area (Å²) in [5, 5.41) is 7.35. The van der Waals surface area contributed by atoms with Gasteiger partial charge in [-0.2, -0.15) is 0 Å². The lowest BCUT2D eigenvalue weighted by atomic mass is 10.0. The van der Waals surface area contributed by atoms with Gasteiger partial charge in [-0.25, -0.2) is 0 Å². The van der Waals surface area contributed by atoms with Crippen molar-refractivity contribution < 1.29 is 4.42 Å². The minimum absolute atomic E-state index is 0.913. The molecule has 0 radical (unpaired) electrons. The average Bonchev–Trinajstić information content (AvgIpc) is 3.73. The second-order valence-electron chi connectivity index (χ2n) is 12.4. The van der Waals surface area contributed by atoms with Crippen LogP contribution in [0, 0.1) is 0 Å². The second-order valence-corrected chi connectivity index (χ2v) is 13.5. The van der Waals surface area contributed by atoms with Crippen LogP contribution in [0.4, 0.5) is 17.1 Å². The quantitative estimate of drug-likeness (QED) is 0.185. The van der Waals surface area contributed by atoms with Crippen LogP contribution in [0.2, 0.25) is 0 Å². The molecule has 49 heavy (non-hydrogen) atoms. The van der Waals surface area contributed by atoms with E-state index in [-0.39, 0.29) is 0 Å². The number of thiophene rings is 1. The molecule has 0 aliphatic carbocycles. The maximum Gasteiger partial charge on any atom is 0.143 e. The van der Waals surface area contributed by atoms with Crippen LogP contribution in [0.25, 0.3) is 76.3 Å². The molecule has 0 atom stereocenters. The molecule has 2 nitrogen and oxygen atoms in total. The van der Waals surface area contributed by atoms with Gasteiger partial charge in [-0.15, -0.1) is 11.3 Å². The first kappa shape index (κ1) is 29.3. The molecular weight excluding hydrogens is 615 g/mol. The van der Waals surface area contributed by atoms with Crippen molar-refractivity contribution in [3.05, 3.63) is 162 Å². The third-order valence-electron chi connectivity index (χ3n) is 9.61. The Labute approximate surface area is 289 Å². The summed E-state index contributed by atoms with van der Waals surface area (Å²) in [5.74, 6) is 0. The lowest BCUT2D eigenvalue weighted by Gasteiger charge is -2.27. The van der Waals surface area contributed by atoms with E-state index in [1.165, 1.54) is 42.1 Å². The van der Waals surface area contributed by atoms with Gasteiger partial charge in [0.1, 0.15) is 11.0 Å². The van der Waals surface area contributed by atoms with E-state index in [1.807, 2.05) is 24.3 Å². The van der Waals surface area contributed by atoms with E-state index in [1.54, 1.807) is 0 Å². The monoisotopic (exact) mass is 647 g/mol. The third-order valence-corrected chi connectivity index (χ3v) is 10.8. The Balaban J connectivity index is 1.15. The van der Waals surface area contributed by atoms with Gasteiger partial charge in [-0.05, 0) is 90.5 Å². The van der Waals surface area contributed by atoms with Gasteiger partial charge in [0.25, 0.3) is 0 Å². The van der Waals surface area contributed by atoms with E-state index in [9.17, 15) is 0 Å². The molecule has 0 amide bonds. The number of anilines is 3. The second kappa shape index (κ2) is 12.0. The summed E-state index contributed by atoms with van der Waals surface area (Å²) in [4.78, 5) is 2.37. The van der Waals surface area contributed by atoms with Crippen LogP contribution in [0.5, 0.6) is 0 Å². The molecule has 9 aromatic rings. The molecule has 2 aromatic heterocycles. The van der Waals surface area contributed by atoms with Crippen LogP contribution in [-0.4, -0.2) is 0 Å². The van der Waals surface area contributed by atoms with Crippen LogP contribution in [0.3, 0.4) is 0 Å². The molecule has 0 aliphatic heterocycles. The highest BCUT2D eigenvalue weighted by molar-refractivity contribution is 7.25. The highest BCUT2D eigenvalue weighted by Gasteiger charge is 2.17. The Morgan fingerprint density at radius 2 is 1.14 bits per heavy atom. The van der Waals surface area contributed by atoms with Crippen LogP contribution >= 0.6 is 11.3 Å². The fourth-order valence-corrected chi connectivity index (χ4v) is 8.31. The molecule has 3 heteroatoms. The molecule has 0 saturated heterocycles. The highest BCUT2D eigenvalue weighted by Crippen LogP contribution is 2.41. The first-order valence-corrected chi connectivity index (χ1v) is 17.6. The number of rotatable bonds is 5. The molecule has 0 unspecified atom stereocenters. The van der Waals surface area contributed by atoms with Gasteiger partial charge in [0, 0.05) is 53.1 Å². The van der Waals surface area contributed by atoms with Gasteiger partial charge < -0.3 is 9.32 Å². The zero-order chi connectivity index (χ0) is 32.9. The Kier molecular flexibility index (Phi) is 7.14.